The maximum atomic E-state index is 11.7. The smallest absolute Gasteiger partial charge is 0.332 e. The van der Waals surface area contributed by atoms with Crippen molar-refractivity contribution < 1.29 is 14.3 Å². The topological polar surface area (TPSA) is 81.4 Å². The van der Waals surface area contributed by atoms with Gasteiger partial charge >= 0.3 is 5.97 Å². The summed E-state index contributed by atoms with van der Waals surface area (Å²) in [5, 5.41) is 2.79. The van der Waals surface area contributed by atoms with Crippen LogP contribution >= 0.6 is 0 Å². The van der Waals surface area contributed by atoms with Gasteiger partial charge in [-0.25, -0.2) is 4.79 Å². The van der Waals surface area contributed by atoms with Gasteiger partial charge in [-0.3, -0.25) is 4.79 Å². The molecule has 104 valence electrons. The van der Waals surface area contributed by atoms with Crippen LogP contribution in [-0.4, -0.2) is 31.1 Å². The molecule has 5 nitrogen and oxygen atoms in total. The molecule has 0 spiro atoms. The van der Waals surface area contributed by atoms with Gasteiger partial charge in [-0.1, -0.05) is 19.8 Å². The van der Waals surface area contributed by atoms with Crippen LogP contribution in [0.25, 0.3) is 0 Å². The van der Waals surface area contributed by atoms with Crippen LogP contribution in [0.5, 0.6) is 0 Å². The maximum Gasteiger partial charge on any atom is 0.332 e. The minimum atomic E-state index is -1.21. The summed E-state index contributed by atoms with van der Waals surface area (Å²) in [5.74, 6) is -1.10. The highest BCUT2D eigenvalue weighted by Crippen LogP contribution is 2.40. The number of nitrogens with one attached hydrogen (secondary N) is 1. The highest BCUT2D eigenvalue weighted by molar-refractivity contribution is 6.01. The highest BCUT2D eigenvalue weighted by atomic mass is 16.5. The molecule has 0 saturated heterocycles. The molecule has 0 aliphatic heterocycles. The minimum Gasteiger partial charge on any atom is -0.464 e. The summed E-state index contributed by atoms with van der Waals surface area (Å²) in [6, 6.07) is -1.21. The molecule has 0 aromatic carbocycles. The molecule has 1 rings (SSSR count). The van der Waals surface area contributed by atoms with Crippen LogP contribution in [0.2, 0.25) is 0 Å². The van der Waals surface area contributed by atoms with Crippen molar-refractivity contribution in [2.75, 3.05) is 13.2 Å². The Labute approximate surface area is 108 Å². The Morgan fingerprint density at radius 2 is 1.94 bits per heavy atom. The summed E-state index contributed by atoms with van der Waals surface area (Å²) >= 11 is 0. The number of amides is 1. The number of esters is 1. The average Bonchev–Trinajstić information content (AvgIpc) is 2.84. The summed E-state index contributed by atoms with van der Waals surface area (Å²) in [4.78, 5) is 23.1. The largest absolute Gasteiger partial charge is 0.464 e. The molecular formula is C13H24N2O3. The molecule has 5 heteroatoms. The van der Waals surface area contributed by atoms with Crippen molar-refractivity contribution in [2.24, 2.45) is 11.1 Å². The van der Waals surface area contributed by atoms with E-state index in [0.717, 1.165) is 19.3 Å². The predicted molar refractivity (Wildman–Crippen MR) is 68.8 cm³/mol. The molecule has 1 unspecified atom stereocenters. The molecule has 18 heavy (non-hydrogen) atoms. The number of hydrogen-bond acceptors (Lipinski definition) is 4. The summed E-state index contributed by atoms with van der Waals surface area (Å²) in [6.45, 7) is 4.67. The second-order valence-corrected chi connectivity index (χ2v) is 5.01. The Kier molecular flexibility index (Phi) is 5.59. The zero-order valence-corrected chi connectivity index (χ0v) is 11.3. The fourth-order valence-electron chi connectivity index (χ4n) is 2.50. The lowest BCUT2D eigenvalue weighted by atomic mass is 9.83. The molecule has 1 fully saturated rings. The second kappa shape index (κ2) is 6.73. The first-order valence-electron chi connectivity index (χ1n) is 6.74. The summed E-state index contributed by atoms with van der Waals surface area (Å²) in [7, 11) is 0. The quantitative estimate of drug-likeness (QED) is 0.548. The molecular weight excluding hydrogens is 232 g/mol. The first-order chi connectivity index (χ1) is 8.54. The zero-order chi connectivity index (χ0) is 13.6. The summed E-state index contributed by atoms with van der Waals surface area (Å²) < 4.78 is 4.72. The third-order valence-electron chi connectivity index (χ3n) is 3.87. The van der Waals surface area contributed by atoms with Crippen molar-refractivity contribution in [3.8, 4) is 0 Å². The number of hydrogen-bond donors (Lipinski definition) is 2. The molecule has 0 heterocycles. The standard InChI is InChI=1S/C13H24N2O3/c1-3-13(7-5-6-8-13)9-15-11(16)10(14)12(17)18-4-2/h10H,3-9,14H2,1-2H3,(H,15,16). The first-order valence-corrected chi connectivity index (χ1v) is 6.74. The van der Waals surface area contributed by atoms with Crippen molar-refractivity contribution in [1.82, 2.24) is 5.32 Å². The van der Waals surface area contributed by atoms with Gasteiger partial charge in [0.1, 0.15) is 0 Å². The number of carbonyl (C=O) groups is 2. The van der Waals surface area contributed by atoms with Crippen LogP contribution < -0.4 is 11.1 Å². The Balaban J connectivity index is 2.42. The van der Waals surface area contributed by atoms with E-state index in [9.17, 15) is 9.59 Å². The van der Waals surface area contributed by atoms with Crippen molar-refractivity contribution in [3.05, 3.63) is 0 Å². The molecule has 3 N–H and O–H groups in total. The van der Waals surface area contributed by atoms with Crippen molar-refractivity contribution in [2.45, 2.75) is 52.0 Å². The SMILES string of the molecule is CCOC(=O)C(N)C(=O)NCC1(CC)CCCC1. The fourth-order valence-corrected chi connectivity index (χ4v) is 2.50. The van der Waals surface area contributed by atoms with Crippen LogP contribution in [-0.2, 0) is 14.3 Å². The normalized spacial score (nSPS) is 19.3. The second-order valence-electron chi connectivity index (χ2n) is 5.01. The maximum absolute atomic E-state index is 11.7. The van der Waals surface area contributed by atoms with E-state index in [4.69, 9.17) is 10.5 Å². The van der Waals surface area contributed by atoms with E-state index in [2.05, 4.69) is 12.2 Å². The van der Waals surface area contributed by atoms with Gasteiger partial charge in [0.15, 0.2) is 6.04 Å². The molecule has 0 radical (unpaired) electrons. The first kappa shape index (κ1) is 15.0. The van der Waals surface area contributed by atoms with Gasteiger partial charge in [-0.2, -0.15) is 0 Å². The van der Waals surface area contributed by atoms with E-state index in [1.54, 1.807) is 6.92 Å². The fraction of sp³-hybridized carbons (Fsp3) is 0.846. The van der Waals surface area contributed by atoms with Crippen LogP contribution in [0.1, 0.15) is 46.0 Å². The zero-order valence-electron chi connectivity index (χ0n) is 11.3. The van der Waals surface area contributed by atoms with Gasteiger partial charge in [0.2, 0.25) is 5.91 Å². The van der Waals surface area contributed by atoms with E-state index in [0.29, 0.717) is 6.54 Å². The Bertz CT molecular complexity index is 299. The van der Waals surface area contributed by atoms with E-state index < -0.39 is 17.9 Å². The van der Waals surface area contributed by atoms with Crippen LogP contribution in [0.4, 0.5) is 0 Å². The lowest BCUT2D eigenvalue weighted by Gasteiger charge is -2.28. The van der Waals surface area contributed by atoms with Crippen LogP contribution in [0.3, 0.4) is 0 Å². The molecule has 0 aromatic rings. The third kappa shape index (κ3) is 3.70. The van der Waals surface area contributed by atoms with Gasteiger partial charge < -0.3 is 15.8 Å². The molecule has 0 bridgehead atoms. The Hall–Kier alpha value is -1.10. The average molecular weight is 256 g/mol. The van der Waals surface area contributed by atoms with Crippen molar-refractivity contribution >= 4 is 11.9 Å². The molecule has 1 aliphatic rings. The van der Waals surface area contributed by atoms with E-state index in [1.807, 2.05) is 0 Å². The monoisotopic (exact) mass is 256 g/mol. The minimum absolute atomic E-state index is 0.198. The summed E-state index contributed by atoms with van der Waals surface area (Å²) in [6.07, 6.45) is 5.75. The van der Waals surface area contributed by atoms with E-state index >= 15 is 0 Å². The predicted octanol–water partition coefficient (Wildman–Crippen LogP) is 0.963. The summed E-state index contributed by atoms with van der Waals surface area (Å²) in [5.41, 5.74) is 5.73. The Morgan fingerprint density at radius 3 is 2.44 bits per heavy atom. The van der Waals surface area contributed by atoms with Gasteiger partial charge in [0.05, 0.1) is 6.61 Å². The van der Waals surface area contributed by atoms with Gasteiger partial charge in [-0.05, 0) is 31.6 Å². The van der Waals surface area contributed by atoms with E-state index in [-0.39, 0.29) is 12.0 Å². The van der Waals surface area contributed by atoms with Crippen molar-refractivity contribution in [1.29, 1.82) is 0 Å². The third-order valence-corrected chi connectivity index (χ3v) is 3.87. The molecule has 1 saturated carbocycles. The van der Waals surface area contributed by atoms with Crippen molar-refractivity contribution in [3.63, 3.8) is 0 Å². The van der Waals surface area contributed by atoms with Gasteiger partial charge in [-0.15, -0.1) is 0 Å². The molecule has 1 aliphatic carbocycles. The molecule has 1 atom stereocenters. The Morgan fingerprint density at radius 1 is 1.33 bits per heavy atom. The van der Waals surface area contributed by atoms with Crippen LogP contribution in [0.15, 0.2) is 0 Å². The number of ether oxygens (including phenoxy) is 1. The highest BCUT2D eigenvalue weighted by Gasteiger charge is 2.33. The van der Waals surface area contributed by atoms with E-state index in [1.165, 1.54) is 12.8 Å². The lowest BCUT2D eigenvalue weighted by molar-refractivity contribution is -0.148. The van der Waals surface area contributed by atoms with Gasteiger partial charge in [0, 0.05) is 6.54 Å². The van der Waals surface area contributed by atoms with Gasteiger partial charge in [0.25, 0.3) is 0 Å². The molecule has 1 amide bonds. The number of carbonyl (C=O) groups excluding carboxylic acids is 2. The number of rotatable bonds is 6. The lowest BCUT2D eigenvalue weighted by Crippen LogP contribution is -2.49. The number of nitrogens with two attached hydrogens (primary N) is 1. The van der Waals surface area contributed by atoms with Crippen LogP contribution in [0, 0.1) is 5.41 Å². The molecule has 0 aromatic heterocycles.